The molecule has 1 aromatic rings. The molecule has 1 aromatic carbocycles. The van der Waals surface area contributed by atoms with Crippen LogP contribution in [0.4, 0.5) is 10.1 Å². The third-order valence-electron chi connectivity index (χ3n) is 1.99. The van der Waals surface area contributed by atoms with Crippen LogP contribution >= 0.6 is 11.6 Å². The number of hydrogen-bond donors (Lipinski definition) is 0. The second-order valence-corrected chi connectivity index (χ2v) is 5.71. The van der Waals surface area contributed by atoms with Crippen LogP contribution in [0.3, 0.4) is 0 Å². The number of carbonyl (C=O) groups is 1. The Hall–Kier alpha value is -1.14. The summed E-state index contributed by atoms with van der Waals surface area (Å²) in [6.07, 6.45) is 0. The predicted molar refractivity (Wildman–Crippen MR) is 62.9 cm³/mol. The lowest BCUT2D eigenvalue weighted by molar-refractivity contribution is -0.115. The van der Waals surface area contributed by atoms with Crippen molar-refractivity contribution in [2.45, 2.75) is 13.8 Å². The zero-order valence-electron chi connectivity index (χ0n) is 9.20. The minimum Gasteiger partial charge on any atom is -0.274 e. The van der Waals surface area contributed by atoms with Gasteiger partial charge < -0.3 is 0 Å². The van der Waals surface area contributed by atoms with Gasteiger partial charge in [0.1, 0.15) is 5.82 Å². The van der Waals surface area contributed by atoms with E-state index in [2.05, 4.69) is 6.07 Å². The van der Waals surface area contributed by atoms with Crippen molar-refractivity contribution in [3.8, 4) is 0 Å². The van der Waals surface area contributed by atoms with E-state index in [1.165, 1.54) is 6.92 Å². The molecule has 4 nitrogen and oxygen atoms in total. The van der Waals surface area contributed by atoms with E-state index in [0.717, 1.165) is 19.1 Å². The van der Waals surface area contributed by atoms with Crippen molar-refractivity contribution >= 4 is 33.2 Å². The molecule has 0 aliphatic heterocycles. The topological polar surface area (TPSA) is 54.5 Å². The molecular weight excluding hydrogens is 269 g/mol. The molecule has 0 bridgehead atoms. The van der Waals surface area contributed by atoms with E-state index in [-0.39, 0.29) is 16.5 Å². The molecule has 1 radical (unpaired) electrons. The fourth-order valence-electron chi connectivity index (χ4n) is 1.23. The van der Waals surface area contributed by atoms with E-state index in [1.54, 1.807) is 0 Å². The van der Waals surface area contributed by atoms with Crippen LogP contribution in [0.25, 0.3) is 0 Å². The van der Waals surface area contributed by atoms with E-state index in [1.807, 2.05) is 0 Å². The Morgan fingerprint density at radius 1 is 1.59 bits per heavy atom. The van der Waals surface area contributed by atoms with Crippen LogP contribution in [0.1, 0.15) is 13.8 Å². The van der Waals surface area contributed by atoms with Gasteiger partial charge >= 0.3 is 0 Å². The number of benzene rings is 1. The first kappa shape index (κ1) is 13.9. The number of sulfonamides is 1. The summed E-state index contributed by atoms with van der Waals surface area (Å²) in [7, 11) is -3.79. The molecule has 0 aliphatic rings. The minimum atomic E-state index is -3.79. The number of carbonyl (C=O) groups excluding carboxylic acids is 1. The standard InChI is InChI=1S/C10H10ClFNO3S/c1-3-17(15,16)13(7(2)14)10-5-4-8(12)6-9(10)11/h5-6H,3H2,1-2H3. The molecule has 93 valence electrons. The predicted octanol–water partition coefficient (Wildman–Crippen LogP) is 1.98. The van der Waals surface area contributed by atoms with Crippen molar-refractivity contribution < 1.29 is 17.6 Å². The van der Waals surface area contributed by atoms with Crippen molar-refractivity contribution in [1.29, 1.82) is 0 Å². The molecule has 0 fully saturated rings. The molecule has 0 N–H and O–H groups in total. The van der Waals surface area contributed by atoms with Crippen molar-refractivity contribution in [3.63, 3.8) is 0 Å². The van der Waals surface area contributed by atoms with Crippen LogP contribution in [0.2, 0.25) is 5.02 Å². The molecular formula is C10H10ClFNO3S. The number of rotatable bonds is 3. The fraction of sp³-hybridized carbons (Fsp3) is 0.300. The average molecular weight is 279 g/mol. The summed E-state index contributed by atoms with van der Waals surface area (Å²) < 4.78 is 36.8. The summed E-state index contributed by atoms with van der Waals surface area (Å²) in [5, 5.41) is -0.159. The van der Waals surface area contributed by atoms with Crippen molar-refractivity contribution in [2.24, 2.45) is 0 Å². The third kappa shape index (κ3) is 2.95. The summed E-state index contributed by atoms with van der Waals surface area (Å²) >= 11 is 5.71. The monoisotopic (exact) mass is 278 g/mol. The average Bonchev–Trinajstić information content (AvgIpc) is 2.21. The summed E-state index contributed by atoms with van der Waals surface area (Å²) in [5.41, 5.74) is -0.0950. The van der Waals surface area contributed by atoms with Gasteiger partial charge in [-0.25, -0.2) is 17.1 Å². The van der Waals surface area contributed by atoms with E-state index < -0.39 is 21.7 Å². The molecule has 0 saturated carbocycles. The summed E-state index contributed by atoms with van der Waals surface area (Å²) in [4.78, 5) is 11.4. The maximum Gasteiger partial charge on any atom is 0.241 e. The van der Waals surface area contributed by atoms with Gasteiger partial charge in [0.05, 0.1) is 16.5 Å². The molecule has 0 aromatic heterocycles. The highest BCUT2D eigenvalue weighted by molar-refractivity contribution is 7.93. The lowest BCUT2D eigenvalue weighted by Gasteiger charge is -2.21. The van der Waals surface area contributed by atoms with Gasteiger partial charge in [-0.05, 0) is 19.1 Å². The second-order valence-electron chi connectivity index (χ2n) is 3.20. The van der Waals surface area contributed by atoms with Gasteiger partial charge in [-0.1, -0.05) is 11.6 Å². The molecule has 17 heavy (non-hydrogen) atoms. The zero-order valence-corrected chi connectivity index (χ0v) is 10.8. The summed E-state index contributed by atoms with van der Waals surface area (Å²) in [6, 6.07) is 4.10. The minimum absolute atomic E-state index is 0.0950. The Bertz CT molecular complexity index is 544. The largest absolute Gasteiger partial charge is 0.274 e. The van der Waals surface area contributed by atoms with E-state index in [4.69, 9.17) is 11.6 Å². The SMILES string of the molecule is CCS(=O)(=O)N(C(C)=O)c1c[c]c(F)cc1Cl. The van der Waals surface area contributed by atoms with Crippen molar-refractivity contribution in [2.75, 3.05) is 10.1 Å². The van der Waals surface area contributed by atoms with E-state index in [9.17, 15) is 17.6 Å². The molecule has 0 saturated heterocycles. The van der Waals surface area contributed by atoms with Gasteiger partial charge in [0.2, 0.25) is 15.9 Å². The van der Waals surface area contributed by atoms with Gasteiger partial charge in [-0.2, -0.15) is 0 Å². The smallest absolute Gasteiger partial charge is 0.241 e. The first-order valence-corrected chi connectivity index (χ1v) is 6.68. The number of amides is 1. The molecule has 0 aliphatic carbocycles. The fourth-order valence-corrected chi connectivity index (χ4v) is 2.62. The van der Waals surface area contributed by atoms with E-state index in [0.29, 0.717) is 4.31 Å². The number of hydrogen-bond acceptors (Lipinski definition) is 3. The number of halogens is 2. The van der Waals surface area contributed by atoms with Crippen LogP contribution in [0.5, 0.6) is 0 Å². The van der Waals surface area contributed by atoms with Gasteiger partial charge in [0, 0.05) is 13.0 Å². The maximum absolute atomic E-state index is 12.8. The normalized spacial score (nSPS) is 11.3. The second kappa shape index (κ2) is 5.01. The molecule has 0 heterocycles. The number of nitrogens with zero attached hydrogens (tertiary/aromatic N) is 1. The molecule has 1 amide bonds. The first-order valence-electron chi connectivity index (χ1n) is 4.70. The highest BCUT2D eigenvalue weighted by Gasteiger charge is 2.26. The molecule has 1 rings (SSSR count). The quantitative estimate of drug-likeness (QED) is 0.849. The summed E-state index contributed by atoms with van der Waals surface area (Å²) in [5.74, 6) is -1.70. The lowest BCUT2D eigenvalue weighted by Crippen LogP contribution is -2.36. The summed E-state index contributed by atoms with van der Waals surface area (Å²) in [6.45, 7) is 2.49. The molecule has 0 spiro atoms. The van der Waals surface area contributed by atoms with Gasteiger partial charge in [0.15, 0.2) is 0 Å². The van der Waals surface area contributed by atoms with Gasteiger partial charge in [-0.3, -0.25) is 4.79 Å². The highest BCUT2D eigenvalue weighted by Crippen LogP contribution is 2.28. The number of anilines is 1. The van der Waals surface area contributed by atoms with Gasteiger partial charge in [0.25, 0.3) is 0 Å². The van der Waals surface area contributed by atoms with Crippen molar-refractivity contribution in [1.82, 2.24) is 0 Å². The third-order valence-corrected chi connectivity index (χ3v) is 4.04. The van der Waals surface area contributed by atoms with Crippen LogP contribution in [0, 0.1) is 11.9 Å². The Balaban J connectivity index is 3.40. The molecule has 0 unspecified atom stereocenters. The van der Waals surface area contributed by atoms with E-state index >= 15 is 0 Å². The highest BCUT2D eigenvalue weighted by atomic mass is 35.5. The Morgan fingerprint density at radius 2 is 2.18 bits per heavy atom. The van der Waals surface area contributed by atoms with Gasteiger partial charge in [-0.15, -0.1) is 0 Å². The van der Waals surface area contributed by atoms with Crippen molar-refractivity contribution in [3.05, 3.63) is 29.0 Å². The molecule has 7 heteroatoms. The first-order chi connectivity index (χ1) is 7.79. The Kier molecular flexibility index (Phi) is 4.11. The Labute approximate surface area is 104 Å². The van der Waals surface area contributed by atoms with Crippen LogP contribution in [0.15, 0.2) is 12.1 Å². The maximum atomic E-state index is 12.8. The lowest BCUT2D eigenvalue weighted by atomic mass is 10.3. The van der Waals surface area contributed by atoms with Crippen LogP contribution in [-0.2, 0) is 14.8 Å². The van der Waals surface area contributed by atoms with Crippen LogP contribution < -0.4 is 4.31 Å². The Morgan fingerprint density at radius 3 is 2.59 bits per heavy atom. The zero-order chi connectivity index (χ0) is 13.2. The molecule has 0 atom stereocenters. The van der Waals surface area contributed by atoms with Crippen LogP contribution in [-0.4, -0.2) is 20.1 Å².